The van der Waals surface area contributed by atoms with E-state index in [-0.39, 0.29) is 24.4 Å². The molecule has 1 amide bonds. The number of halogens is 7. The third kappa shape index (κ3) is 4.57. The molecule has 2 aromatic rings. The number of ether oxygens (including phenoxy) is 1. The second-order valence-corrected chi connectivity index (χ2v) is 7.68. The molecule has 0 fully saturated rings. The van der Waals surface area contributed by atoms with Gasteiger partial charge in [0.15, 0.2) is 11.7 Å². The van der Waals surface area contributed by atoms with Crippen LogP contribution in [0.5, 0.6) is 0 Å². The molecule has 1 aliphatic heterocycles. The highest BCUT2D eigenvalue weighted by Crippen LogP contribution is 2.50. The number of alkyl halides is 3. The average molecular weight is 512 g/mol. The van der Waals surface area contributed by atoms with E-state index in [1.807, 2.05) is 0 Å². The minimum atomic E-state index is -5.10. The number of amides is 1. The van der Waals surface area contributed by atoms with Crippen molar-refractivity contribution in [3.8, 4) is 0 Å². The zero-order chi connectivity index (χ0) is 24.6. The molecular weight excluding hydrogens is 496 g/mol. The van der Waals surface area contributed by atoms with Gasteiger partial charge >= 0.3 is 12.3 Å². The fourth-order valence-electron chi connectivity index (χ4n) is 3.19. The second-order valence-electron chi connectivity index (χ2n) is 6.87. The van der Waals surface area contributed by atoms with E-state index in [0.29, 0.717) is 17.0 Å². The van der Waals surface area contributed by atoms with Crippen molar-refractivity contribution in [1.29, 1.82) is 0 Å². The van der Waals surface area contributed by atoms with E-state index in [1.54, 1.807) is 0 Å². The van der Waals surface area contributed by atoms with Gasteiger partial charge in [0.05, 0.1) is 28.8 Å². The van der Waals surface area contributed by atoms with E-state index in [9.17, 15) is 26.7 Å². The number of benzene rings is 2. The van der Waals surface area contributed by atoms with Gasteiger partial charge in [0.1, 0.15) is 5.82 Å². The number of amidine groups is 1. The first-order chi connectivity index (χ1) is 15.4. The van der Waals surface area contributed by atoms with Crippen molar-refractivity contribution in [2.24, 2.45) is 10.9 Å². The molecule has 0 saturated heterocycles. The van der Waals surface area contributed by atoms with Crippen LogP contribution in [-0.4, -0.2) is 24.7 Å². The van der Waals surface area contributed by atoms with Gasteiger partial charge < -0.3 is 15.3 Å². The first-order valence-corrected chi connectivity index (χ1v) is 10.1. The summed E-state index contributed by atoms with van der Waals surface area (Å²) in [6.07, 6.45) is -7.26. The van der Waals surface area contributed by atoms with E-state index in [1.165, 1.54) is 19.1 Å². The third-order valence-electron chi connectivity index (χ3n) is 4.85. The molecule has 1 aliphatic rings. The largest absolute Gasteiger partial charge is 0.449 e. The van der Waals surface area contributed by atoms with Crippen molar-refractivity contribution in [2.75, 3.05) is 11.5 Å². The van der Waals surface area contributed by atoms with Gasteiger partial charge in [0, 0.05) is 17.7 Å². The zero-order valence-electron chi connectivity index (χ0n) is 16.9. The number of nitrogens with two attached hydrogens (primary N) is 1. The lowest BCUT2D eigenvalue weighted by Crippen LogP contribution is -2.45. The predicted molar refractivity (Wildman–Crippen MR) is 111 cm³/mol. The standard InChI is InChI=1S/C20H16Cl2F5N3O3/c1-2-32-18(31)30(12-4-3-10(9-28)15(23)7-12)16-8-19(33-29-16,20(25,26)27)11-5-13(21)17(24)14(22)6-11/h3-7H,2,8-9,28H2,1H3. The first-order valence-electron chi connectivity index (χ1n) is 9.37. The Morgan fingerprint density at radius 1 is 1.24 bits per heavy atom. The minimum Gasteiger partial charge on any atom is -0.449 e. The number of oxime groups is 1. The lowest BCUT2D eigenvalue weighted by Gasteiger charge is -2.30. The molecule has 1 atom stereocenters. The first kappa shape index (κ1) is 25.0. The number of carbonyl (C=O) groups excluding carboxylic acids is 1. The van der Waals surface area contributed by atoms with E-state index in [0.717, 1.165) is 6.07 Å². The highest BCUT2D eigenvalue weighted by molar-refractivity contribution is 6.35. The van der Waals surface area contributed by atoms with Crippen LogP contribution in [-0.2, 0) is 21.7 Å². The quantitative estimate of drug-likeness (QED) is 0.410. The summed E-state index contributed by atoms with van der Waals surface area (Å²) in [5, 5.41) is 2.13. The minimum absolute atomic E-state index is 0.118. The maximum absolute atomic E-state index is 14.3. The summed E-state index contributed by atoms with van der Waals surface area (Å²) in [6.45, 7) is 1.21. The fraction of sp³-hybridized carbons (Fsp3) is 0.300. The smallest absolute Gasteiger partial charge is 0.435 e. The summed E-state index contributed by atoms with van der Waals surface area (Å²) in [7, 11) is 0. The Hall–Kier alpha value is -2.63. The van der Waals surface area contributed by atoms with Crippen molar-refractivity contribution in [3.05, 3.63) is 63.1 Å². The molecule has 0 spiro atoms. The van der Waals surface area contributed by atoms with Crippen molar-refractivity contribution in [1.82, 2.24) is 0 Å². The van der Waals surface area contributed by atoms with E-state index >= 15 is 0 Å². The van der Waals surface area contributed by atoms with Crippen molar-refractivity contribution in [3.63, 3.8) is 0 Å². The van der Waals surface area contributed by atoms with Gasteiger partial charge in [0.2, 0.25) is 0 Å². The summed E-state index contributed by atoms with van der Waals surface area (Å²) < 4.78 is 75.7. The van der Waals surface area contributed by atoms with E-state index in [4.69, 9.17) is 38.5 Å². The second kappa shape index (κ2) is 9.32. The molecule has 0 saturated carbocycles. The molecule has 0 radical (unpaired) electrons. The summed E-state index contributed by atoms with van der Waals surface area (Å²) in [6, 6.07) is 4.85. The van der Waals surface area contributed by atoms with Gasteiger partial charge in [-0.2, -0.15) is 13.2 Å². The van der Waals surface area contributed by atoms with Gasteiger partial charge in [-0.15, -0.1) is 0 Å². The van der Waals surface area contributed by atoms with Crippen molar-refractivity contribution >= 4 is 40.8 Å². The Balaban J connectivity index is 2.09. The summed E-state index contributed by atoms with van der Waals surface area (Å²) in [5.74, 6) is -2.44. The van der Waals surface area contributed by atoms with Crippen LogP contribution in [0.1, 0.15) is 24.5 Å². The topological polar surface area (TPSA) is 77.1 Å². The summed E-state index contributed by atoms with van der Waals surface area (Å²) in [4.78, 5) is 18.1. The molecule has 6 nitrogen and oxygen atoms in total. The molecule has 13 heteroatoms. The Morgan fingerprint density at radius 2 is 1.88 bits per heavy atom. The van der Waals surface area contributed by atoms with Gasteiger partial charge in [-0.3, -0.25) is 0 Å². The van der Waals surface area contributed by atoms with Gasteiger partial charge in [-0.05, 0) is 31.2 Å². The molecule has 1 heterocycles. The Kier molecular flexibility index (Phi) is 7.06. The number of rotatable bonds is 4. The monoisotopic (exact) mass is 511 g/mol. The Morgan fingerprint density at radius 3 is 2.39 bits per heavy atom. The number of nitrogens with zero attached hydrogens (tertiary/aromatic N) is 2. The number of anilines is 1. The number of hydrogen-bond acceptors (Lipinski definition) is 5. The zero-order valence-corrected chi connectivity index (χ0v) is 18.4. The molecule has 2 aromatic carbocycles. The van der Waals surface area contributed by atoms with Crippen LogP contribution < -0.4 is 10.6 Å². The average Bonchev–Trinajstić information content (AvgIpc) is 3.18. The molecule has 3 rings (SSSR count). The lowest BCUT2D eigenvalue weighted by molar-refractivity contribution is -0.275. The maximum atomic E-state index is 14.3. The normalized spacial score (nSPS) is 18.0. The lowest BCUT2D eigenvalue weighted by atomic mass is 9.89. The fourth-order valence-corrected chi connectivity index (χ4v) is 3.67. The number of hydrogen-bond donors (Lipinski definition) is 1. The highest BCUT2D eigenvalue weighted by Gasteiger charge is 2.63. The molecule has 0 aromatic heterocycles. The van der Waals surface area contributed by atoms with Gasteiger partial charge in [-0.1, -0.05) is 34.4 Å². The van der Waals surface area contributed by atoms with Crippen LogP contribution in [0.15, 0.2) is 35.5 Å². The summed E-state index contributed by atoms with van der Waals surface area (Å²) in [5.41, 5.74) is 1.59. The third-order valence-corrected chi connectivity index (χ3v) is 5.40. The molecule has 178 valence electrons. The van der Waals surface area contributed by atoms with E-state index in [2.05, 4.69) is 5.16 Å². The maximum Gasteiger partial charge on any atom is 0.435 e. The molecule has 0 aliphatic carbocycles. The van der Waals surface area contributed by atoms with Gasteiger partial charge in [-0.25, -0.2) is 18.5 Å². The molecule has 33 heavy (non-hydrogen) atoms. The highest BCUT2D eigenvalue weighted by atomic mass is 35.5. The molecule has 0 bridgehead atoms. The predicted octanol–water partition coefficient (Wildman–Crippen LogP) is 5.88. The van der Waals surface area contributed by atoms with Crippen LogP contribution in [0, 0.1) is 11.6 Å². The van der Waals surface area contributed by atoms with Crippen LogP contribution >= 0.6 is 23.2 Å². The molecule has 1 unspecified atom stereocenters. The van der Waals surface area contributed by atoms with Crippen LogP contribution in [0.2, 0.25) is 10.0 Å². The van der Waals surface area contributed by atoms with Crippen LogP contribution in [0.25, 0.3) is 0 Å². The number of carbonyl (C=O) groups is 1. The molecular formula is C20H16Cl2F5N3O3. The summed E-state index contributed by atoms with van der Waals surface area (Å²) >= 11 is 11.4. The molecule has 2 N–H and O–H groups in total. The SMILES string of the molecule is CCOC(=O)N(C1=NOC(c2cc(Cl)c(F)c(Cl)c2)(C(F)(F)F)C1)c1ccc(CN)c(F)c1. The van der Waals surface area contributed by atoms with Crippen molar-refractivity contribution in [2.45, 2.75) is 31.7 Å². The Bertz CT molecular complexity index is 1090. The Labute approximate surface area is 194 Å². The van der Waals surface area contributed by atoms with Crippen LogP contribution in [0.4, 0.5) is 32.4 Å². The van der Waals surface area contributed by atoms with Gasteiger partial charge in [0.25, 0.3) is 5.60 Å². The van der Waals surface area contributed by atoms with E-state index < -0.39 is 57.4 Å². The van der Waals surface area contributed by atoms with Crippen molar-refractivity contribution < 1.29 is 36.3 Å². The van der Waals surface area contributed by atoms with Crippen LogP contribution in [0.3, 0.4) is 0 Å².